The Morgan fingerprint density at radius 1 is 1.16 bits per heavy atom. The maximum Gasteiger partial charge on any atom is 0.335 e. The summed E-state index contributed by atoms with van der Waals surface area (Å²) in [5.74, 6) is 0.767. The summed E-state index contributed by atoms with van der Waals surface area (Å²) < 4.78 is 5.91. The van der Waals surface area contributed by atoms with Crippen LogP contribution in [0.15, 0.2) is 36.4 Å². The maximum absolute atomic E-state index is 13.0. The lowest BCUT2D eigenvalue weighted by atomic mass is 9.83. The summed E-state index contributed by atoms with van der Waals surface area (Å²) in [6.45, 7) is 13.2. The number of hydrogen-bond acceptors (Lipinski definition) is 4. The summed E-state index contributed by atoms with van der Waals surface area (Å²) in [5.41, 5.74) is 4.95. The number of amides is 2. The highest BCUT2D eigenvalue weighted by molar-refractivity contribution is 5.87. The van der Waals surface area contributed by atoms with E-state index in [9.17, 15) is 14.7 Å². The number of hydrogen-bond donors (Lipinski definition) is 2. The minimum atomic E-state index is -0.928. The van der Waals surface area contributed by atoms with Crippen molar-refractivity contribution in [1.29, 1.82) is 0 Å². The van der Waals surface area contributed by atoms with Gasteiger partial charge in [0.1, 0.15) is 5.75 Å². The number of rotatable bonds is 9. The molecule has 0 aromatic heterocycles. The van der Waals surface area contributed by atoms with Gasteiger partial charge in [-0.2, -0.15) is 0 Å². The number of carbonyl (C=O) groups excluding carboxylic acids is 1. The van der Waals surface area contributed by atoms with E-state index < -0.39 is 5.97 Å². The quantitative estimate of drug-likeness (QED) is 0.469. The number of piperidine rings is 1. The Bertz CT molecular complexity index is 1190. The highest BCUT2D eigenvalue weighted by atomic mass is 16.5. The first kappa shape index (κ1) is 26.5. The highest BCUT2D eigenvalue weighted by Gasteiger charge is 2.45. The van der Waals surface area contributed by atoms with Crippen LogP contribution in [-0.2, 0) is 12.0 Å². The molecule has 1 saturated carbocycles. The molecule has 2 aliphatic heterocycles. The van der Waals surface area contributed by atoms with Crippen LogP contribution in [0.4, 0.5) is 4.79 Å². The fourth-order valence-electron chi connectivity index (χ4n) is 6.18. The SMILES string of the molecule is CCOc1cc(CN2CCC3(CC2)CN(CC(C)(C)c2ccc(C(=O)O)cc2)C(=O)N3)c(C2CC2)cc1C. The van der Waals surface area contributed by atoms with Gasteiger partial charge in [-0.25, -0.2) is 9.59 Å². The number of urea groups is 1. The normalized spacial score (nSPS) is 19.6. The van der Waals surface area contributed by atoms with Crippen molar-refractivity contribution in [2.24, 2.45) is 0 Å². The fourth-order valence-corrected chi connectivity index (χ4v) is 6.18. The number of aromatic carboxylic acids is 1. The molecule has 7 heteroatoms. The van der Waals surface area contributed by atoms with E-state index in [1.807, 2.05) is 24.0 Å². The van der Waals surface area contributed by atoms with E-state index in [1.54, 1.807) is 12.1 Å². The van der Waals surface area contributed by atoms with Crippen molar-refractivity contribution in [2.75, 3.05) is 32.8 Å². The summed E-state index contributed by atoms with van der Waals surface area (Å²) in [5, 5.41) is 12.5. The van der Waals surface area contributed by atoms with E-state index in [0.717, 1.165) is 43.8 Å². The predicted molar refractivity (Wildman–Crippen MR) is 148 cm³/mol. The van der Waals surface area contributed by atoms with Crippen molar-refractivity contribution in [2.45, 2.75) is 76.8 Å². The summed E-state index contributed by atoms with van der Waals surface area (Å²) in [6, 6.07) is 11.6. The van der Waals surface area contributed by atoms with Crippen molar-refractivity contribution in [3.8, 4) is 5.75 Å². The molecular formula is C31H41N3O4. The van der Waals surface area contributed by atoms with Crippen molar-refractivity contribution >= 4 is 12.0 Å². The zero-order valence-electron chi connectivity index (χ0n) is 23.2. The molecule has 2 N–H and O–H groups in total. The Morgan fingerprint density at radius 3 is 2.45 bits per heavy atom. The molecule has 0 radical (unpaired) electrons. The number of ether oxygens (including phenoxy) is 1. The average molecular weight is 520 g/mol. The van der Waals surface area contributed by atoms with Crippen LogP contribution in [-0.4, -0.2) is 65.2 Å². The third kappa shape index (κ3) is 5.53. The molecule has 3 aliphatic rings. The molecule has 3 fully saturated rings. The second kappa shape index (κ2) is 10.3. The molecule has 1 spiro atoms. The van der Waals surface area contributed by atoms with Gasteiger partial charge < -0.3 is 20.1 Å². The molecule has 38 heavy (non-hydrogen) atoms. The van der Waals surface area contributed by atoms with Crippen LogP contribution in [0.25, 0.3) is 0 Å². The van der Waals surface area contributed by atoms with Gasteiger partial charge in [0.05, 0.1) is 17.7 Å². The summed E-state index contributed by atoms with van der Waals surface area (Å²) in [7, 11) is 0. The second-order valence-corrected chi connectivity index (χ2v) is 12.1. The molecule has 2 aromatic rings. The minimum absolute atomic E-state index is 0.00425. The number of aryl methyl sites for hydroxylation is 1. The van der Waals surface area contributed by atoms with Gasteiger partial charge in [-0.1, -0.05) is 32.0 Å². The third-order valence-corrected chi connectivity index (χ3v) is 8.61. The molecule has 204 valence electrons. The zero-order chi connectivity index (χ0) is 27.1. The molecule has 0 unspecified atom stereocenters. The number of likely N-dealkylation sites (tertiary alicyclic amines) is 1. The van der Waals surface area contributed by atoms with Crippen molar-refractivity contribution in [1.82, 2.24) is 15.1 Å². The number of nitrogens with zero attached hydrogens (tertiary/aromatic N) is 2. The lowest BCUT2D eigenvalue weighted by molar-refractivity contribution is 0.0696. The first-order chi connectivity index (χ1) is 18.1. The third-order valence-electron chi connectivity index (χ3n) is 8.61. The molecule has 2 aromatic carbocycles. The molecule has 5 rings (SSSR count). The Hall–Kier alpha value is -3.06. The standard InChI is InChI=1S/C31H41N3O4/c1-5-38-27-17-24(26(16-21(27)2)22-6-7-22)18-33-14-12-31(13-15-33)20-34(29(37)32-31)19-30(3,4)25-10-8-23(9-11-25)28(35)36/h8-11,16-17,22H,5-7,12-15,18-20H2,1-4H3,(H,32,37)(H,35,36). The van der Waals surface area contributed by atoms with E-state index in [4.69, 9.17) is 4.74 Å². The fraction of sp³-hybridized carbons (Fsp3) is 0.548. The average Bonchev–Trinajstić information content (AvgIpc) is 3.68. The zero-order valence-corrected chi connectivity index (χ0v) is 23.2. The smallest absolute Gasteiger partial charge is 0.335 e. The number of carboxylic acids is 1. The van der Waals surface area contributed by atoms with Crippen LogP contribution in [0.5, 0.6) is 5.75 Å². The molecular weight excluding hydrogens is 478 g/mol. The van der Waals surface area contributed by atoms with Gasteiger partial charge in [0.25, 0.3) is 0 Å². The Balaban J connectivity index is 1.21. The van der Waals surface area contributed by atoms with Gasteiger partial charge in [-0.05, 0) is 85.9 Å². The van der Waals surface area contributed by atoms with Crippen molar-refractivity contribution < 1.29 is 19.4 Å². The Labute approximate surface area is 226 Å². The van der Waals surface area contributed by atoms with E-state index >= 15 is 0 Å². The van der Waals surface area contributed by atoms with Crippen LogP contribution in [0.2, 0.25) is 0 Å². The molecule has 2 saturated heterocycles. The number of nitrogens with one attached hydrogen (secondary N) is 1. The van der Waals surface area contributed by atoms with E-state index in [1.165, 1.54) is 29.5 Å². The second-order valence-electron chi connectivity index (χ2n) is 12.1. The van der Waals surface area contributed by atoms with E-state index in [0.29, 0.717) is 25.6 Å². The molecule has 2 amide bonds. The van der Waals surface area contributed by atoms with E-state index in [2.05, 4.69) is 43.1 Å². The maximum atomic E-state index is 13.0. The first-order valence-corrected chi connectivity index (χ1v) is 14.0. The summed E-state index contributed by atoms with van der Waals surface area (Å²) in [4.78, 5) is 28.7. The highest BCUT2D eigenvalue weighted by Crippen LogP contribution is 2.44. The van der Waals surface area contributed by atoms with Gasteiger partial charge in [0.2, 0.25) is 0 Å². The van der Waals surface area contributed by atoms with Crippen LogP contribution in [0.3, 0.4) is 0 Å². The van der Waals surface area contributed by atoms with Gasteiger partial charge in [0, 0.05) is 38.1 Å². The number of carbonyl (C=O) groups is 2. The van der Waals surface area contributed by atoms with Crippen molar-refractivity contribution in [3.05, 3.63) is 64.2 Å². The first-order valence-electron chi connectivity index (χ1n) is 14.0. The lowest BCUT2D eigenvalue weighted by Gasteiger charge is -2.39. The van der Waals surface area contributed by atoms with Gasteiger partial charge in [-0.15, -0.1) is 0 Å². The predicted octanol–water partition coefficient (Wildman–Crippen LogP) is 5.31. The minimum Gasteiger partial charge on any atom is -0.494 e. The van der Waals surface area contributed by atoms with Gasteiger partial charge in [-0.3, -0.25) is 4.90 Å². The molecule has 7 nitrogen and oxygen atoms in total. The van der Waals surface area contributed by atoms with Crippen LogP contribution in [0.1, 0.15) is 85.0 Å². The Kier molecular flexibility index (Phi) is 7.16. The van der Waals surface area contributed by atoms with Crippen LogP contribution >= 0.6 is 0 Å². The van der Waals surface area contributed by atoms with Crippen LogP contribution < -0.4 is 10.1 Å². The summed E-state index contributed by atoms with van der Waals surface area (Å²) >= 11 is 0. The monoisotopic (exact) mass is 519 g/mol. The number of benzene rings is 2. The Morgan fingerprint density at radius 2 is 1.84 bits per heavy atom. The number of carboxylic acid groups (broad SMARTS) is 1. The van der Waals surface area contributed by atoms with E-state index in [-0.39, 0.29) is 22.5 Å². The molecule has 0 atom stereocenters. The van der Waals surface area contributed by atoms with Gasteiger partial charge >= 0.3 is 12.0 Å². The van der Waals surface area contributed by atoms with Crippen LogP contribution in [0, 0.1) is 6.92 Å². The largest absolute Gasteiger partial charge is 0.494 e. The van der Waals surface area contributed by atoms with Crippen molar-refractivity contribution in [3.63, 3.8) is 0 Å². The molecule has 2 heterocycles. The lowest BCUT2D eigenvalue weighted by Crippen LogP contribution is -2.52. The summed E-state index contributed by atoms with van der Waals surface area (Å²) in [6.07, 6.45) is 4.44. The van der Waals surface area contributed by atoms with Gasteiger partial charge in [0.15, 0.2) is 0 Å². The molecule has 1 aliphatic carbocycles. The molecule has 0 bridgehead atoms. The topological polar surface area (TPSA) is 82.1 Å².